The van der Waals surface area contributed by atoms with Crippen LogP contribution in [0.25, 0.3) is 10.8 Å². The molecular formula is C22H17FN2O3. The Hall–Kier alpha value is -3.54. The summed E-state index contributed by atoms with van der Waals surface area (Å²) in [4.78, 5) is 38.8. The van der Waals surface area contributed by atoms with Crippen molar-refractivity contribution in [2.75, 3.05) is 13.1 Å². The van der Waals surface area contributed by atoms with Crippen molar-refractivity contribution >= 4 is 28.5 Å². The molecule has 1 N–H and O–H groups in total. The molecule has 0 aromatic heterocycles. The number of nitrogens with zero attached hydrogens (tertiary/aromatic N) is 1. The van der Waals surface area contributed by atoms with Crippen LogP contribution < -0.4 is 5.32 Å². The third kappa shape index (κ3) is 3.13. The maximum Gasteiger partial charge on any atom is 0.261 e. The first-order chi connectivity index (χ1) is 13.6. The number of benzene rings is 3. The summed E-state index contributed by atoms with van der Waals surface area (Å²) in [6.07, 6.45) is 0.322. The molecule has 0 saturated heterocycles. The summed E-state index contributed by atoms with van der Waals surface area (Å²) in [6, 6.07) is 16.8. The third-order valence-corrected chi connectivity index (χ3v) is 4.83. The molecule has 0 atom stereocenters. The van der Waals surface area contributed by atoms with Gasteiger partial charge in [0.25, 0.3) is 11.8 Å². The Labute approximate surface area is 160 Å². The second-order valence-corrected chi connectivity index (χ2v) is 6.60. The minimum absolute atomic E-state index is 0.210. The van der Waals surface area contributed by atoms with Gasteiger partial charge in [-0.1, -0.05) is 42.5 Å². The van der Waals surface area contributed by atoms with Gasteiger partial charge in [0.15, 0.2) is 0 Å². The molecule has 0 unspecified atom stereocenters. The lowest BCUT2D eigenvalue weighted by atomic mass is 9.94. The number of rotatable bonds is 5. The highest BCUT2D eigenvalue weighted by atomic mass is 19.1. The molecule has 1 aliphatic heterocycles. The van der Waals surface area contributed by atoms with E-state index in [0.717, 1.165) is 10.3 Å². The third-order valence-electron chi connectivity index (χ3n) is 4.83. The van der Waals surface area contributed by atoms with Gasteiger partial charge in [0.2, 0.25) is 5.91 Å². The SMILES string of the molecule is O=C(CN1C(=O)c2cccc3cccc(c23)C1=O)NCCc1ccccc1F. The highest BCUT2D eigenvalue weighted by Crippen LogP contribution is 2.29. The summed E-state index contributed by atoms with van der Waals surface area (Å²) in [7, 11) is 0. The predicted octanol–water partition coefficient (Wildman–Crippen LogP) is 2.93. The molecule has 3 amide bonds. The molecular weight excluding hydrogens is 359 g/mol. The van der Waals surface area contributed by atoms with Crippen molar-refractivity contribution in [3.05, 3.63) is 83.2 Å². The Bertz CT molecular complexity index is 1060. The first-order valence-electron chi connectivity index (χ1n) is 8.94. The number of halogens is 1. The lowest BCUT2D eigenvalue weighted by molar-refractivity contribution is -0.121. The van der Waals surface area contributed by atoms with E-state index in [1.807, 2.05) is 12.1 Å². The van der Waals surface area contributed by atoms with Crippen LogP contribution in [0.4, 0.5) is 4.39 Å². The minimum Gasteiger partial charge on any atom is -0.354 e. The maximum absolute atomic E-state index is 13.6. The van der Waals surface area contributed by atoms with Crippen LogP contribution in [-0.4, -0.2) is 35.7 Å². The number of hydrogen-bond acceptors (Lipinski definition) is 3. The van der Waals surface area contributed by atoms with Crippen LogP contribution in [0.3, 0.4) is 0 Å². The van der Waals surface area contributed by atoms with Gasteiger partial charge in [-0.05, 0) is 35.6 Å². The van der Waals surface area contributed by atoms with E-state index >= 15 is 0 Å². The zero-order valence-electron chi connectivity index (χ0n) is 14.9. The van der Waals surface area contributed by atoms with Gasteiger partial charge >= 0.3 is 0 Å². The van der Waals surface area contributed by atoms with E-state index in [-0.39, 0.29) is 18.9 Å². The number of nitrogens with one attached hydrogen (secondary N) is 1. The Morgan fingerprint density at radius 2 is 1.54 bits per heavy atom. The second kappa shape index (κ2) is 7.23. The van der Waals surface area contributed by atoms with E-state index in [2.05, 4.69) is 5.32 Å². The van der Waals surface area contributed by atoms with Gasteiger partial charge in [-0.25, -0.2) is 4.39 Å². The van der Waals surface area contributed by atoms with Crippen LogP contribution in [0.5, 0.6) is 0 Å². The van der Waals surface area contributed by atoms with Crippen molar-refractivity contribution in [3.63, 3.8) is 0 Å². The fourth-order valence-corrected chi connectivity index (χ4v) is 3.46. The fourth-order valence-electron chi connectivity index (χ4n) is 3.46. The van der Waals surface area contributed by atoms with E-state index in [1.165, 1.54) is 6.07 Å². The van der Waals surface area contributed by atoms with Crippen LogP contribution >= 0.6 is 0 Å². The second-order valence-electron chi connectivity index (χ2n) is 6.60. The molecule has 6 heteroatoms. The average Bonchev–Trinajstić information content (AvgIpc) is 2.70. The van der Waals surface area contributed by atoms with Gasteiger partial charge in [0.1, 0.15) is 12.4 Å². The summed E-state index contributed by atoms with van der Waals surface area (Å²) in [5.41, 5.74) is 1.31. The summed E-state index contributed by atoms with van der Waals surface area (Å²) in [5, 5.41) is 4.08. The van der Waals surface area contributed by atoms with E-state index in [9.17, 15) is 18.8 Å². The zero-order valence-corrected chi connectivity index (χ0v) is 14.9. The molecule has 5 nitrogen and oxygen atoms in total. The van der Waals surface area contributed by atoms with E-state index < -0.39 is 17.7 Å². The van der Waals surface area contributed by atoms with Gasteiger partial charge in [-0.2, -0.15) is 0 Å². The number of carbonyl (C=O) groups is 3. The van der Waals surface area contributed by atoms with Crippen molar-refractivity contribution in [1.82, 2.24) is 10.2 Å². The summed E-state index contributed by atoms with van der Waals surface area (Å²) < 4.78 is 13.6. The molecule has 3 aromatic carbocycles. The van der Waals surface area contributed by atoms with Gasteiger partial charge in [-0.3, -0.25) is 19.3 Å². The molecule has 1 heterocycles. The summed E-state index contributed by atoms with van der Waals surface area (Å²) >= 11 is 0. The predicted molar refractivity (Wildman–Crippen MR) is 102 cm³/mol. The zero-order chi connectivity index (χ0) is 19.7. The smallest absolute Gasteiger partial charge is 0.261 e. The highest BCUT2D eigenvalue weighted by molar-refractivity contribution is 6.26. The molecule has 0 spiro atoms. The molecule has 0 radical (unpaired) electrons. The number of amides is 3. The topological polar surface area (TPSA) is 66.5 Å². The first kappa shape index (κ1) is 17.9. The standard InChI is InChI=1S/C22H17FN2O3/c23-18-10-2-1-5-14(18)11-12-24-19(26)13-25-21(27)16-8-3-6-15-7-4-9-17(20(15)16)22(25)28/h1-10H,11-13H2,(H,24,26). The van der Waals surface area contributed by atoms with Crippen LogP contribution in [0.15, 0.2) is 60.7 Å². The fraction of sp³-hybridized carbons (Fsp3) is 0.136. The number of carbonyl (C=O) groups excluding carboxylic acids is 3. The van der Waals surface area contributed by atoms with Crippen molar-refractivity contribution in [1.29, 1.82) is 0 Å². The summed E-state index contributed by atoms with van der Waals surface area (Å²) in [5.74, 6) is -1.77. The van der Waals surface area contributed by atoms with E-state index in [0.29, 0.717) is 28.5 Å². The molecule has 28 heavy (non-hydrogen) atoms. The van der Waals surface area contributed by atoms with Crippen LogP contribution in [-0.2, 0) is 11.2 Å². The lowest BCUT2D eigenvalue weighted by Crippen LogP contribution is -2.46. The average molecular weight is 376 g/mol. The first-order valence-corrected chi connectivity index (χ1v) is 8.94. The minimum atomic E-state index is -0.487. The molecule has 0 bridgehead atoms. The molecule has 0 aliphatic carbocycles. The van der Waals surface area contributed by atoms with Gasteiger partial charge < -0.3 is 5.32 Å². The van der Waals surface area contributed by atoms with Crippen molar-refractivity contribution in [2.45, 2.75) is 6.42 Å². The molecule has 1 aliphatic rings. The van der Waals surface area contributed by atoms with E-state index in [1.54, 1.807) is 42.5 Å². The van der Waals surface area contributed by atoms with Crippen LogP contribution in [0.2, 0.25) is 0 Å². The molecule has 140 valence electrons. The largest absolute Gasteiger partial charge is 0.354 e. The Morgan fingerprint density at radius 3 is 2.18 bits per heavy atom. The summed E-state index contributed by atoms with van der Waals surface area (Å²) in [6.45, 7) is -0.165. The van der Waals surface area contributed by atoms with Crippen molar-refractivity contribution < 1.29 is 18.8 Å². The quantitative estimate of drug-likeness (QED) is 0.697. The molecule has 0 fully saturated rings. The number of hydrogen-bond donors (Lipinski definition) is 1. The van der Waals surface area contributed by atoms with Gasteiger partial charge in [0.05, 0.1) is 0 Å². The normalized spacial score (nSPS) is 13.1. The molecule has 3 aromatic rings. The monoisotopic (exact) mass is 376 g/mol. The van der Waals surface area contributed by atoms with Crippen molar-refractivity contribution in [2.24, 2.45) is 0 Å². The van der Waals surface area contributed by atoms with Crippen LogP contribution in [0.1, 0.15) is 26.3 Å². The van der Waals surface area contributed by atoms with Crippen molar-refractivity contribution in [3.8, 4) is 0 Å². The van der Waals surface area contributed by atoms with Gasteiger partial charge in [0, 0.05) is 23.1 Å². The Kier molecular flexibility index (Phi) is 4.61. The molecule has 0 saturated carbocycles. The van der Waals surface area contributed by atoms with Crippen LogP contribution in [0, 0.1) is 5.82 Å². The maximum atomic E-state index is 13.6. The lowest BCUT2D eigenvalue weighted by Gasteiger charge is -2.26. The van der Waals surface area contributed by atoms with E-state index in [4.69, 9.17) is 0 Å². The Morgan fingerprint density at radius 1 is 0.893 bits per heavy atom. The molecule has 4 rings (SSSR count). The highest BCUT2D eigenvalue weighted by Gasteiger charge is 2.33. The Balaban J connectivity index is 1.46. The van der Waals surface area contributed by atoms with Gasteiger partial charge in [-0.15, -0.1) is 0 Å². The number of imide groups is 1.